The number of imide groups is 1. The van der Waals surface area contributed by atoms with Crippen molar-refractivity contribution >= 4 is 29.1 Å². The van der Waals surface area contributed by atoms with Crippen LogP contribution in [0.25, 0.3) is 0 Å². The van der Waals surface area contributed by atoms with E-state index in [4.69, 9.17) is 0 Å². The summed E-state index contributed by atoms with van der Waals surface area (Å²) >= 11 is 1.42. The predicted molar refractivity (Wildman–Crippen MR) is 76.7 cm³/mol. The van der Waals surface area contributed by atoms with Crippen molar-refractivity contribution in [1.82, 2.24) is 10.2 Å². The van der Waals surface area contributed by atoms with Gasteiger partial charge in [-0.2, -0.15) is 0 Å². The highest BCUT2D eigenvalue weighted by Gasteiger charge is 2.36. The Morgan fingerprint density at radius 3 is 2.70 bits per heavy atom. The molecule has 0 saturated carbocycles. The molecule has 1 N–H and O–H groups in total. The Morgan fingerprint density at radius 2 is 2.15 bits per heavy atom. The summed E-state index contributed by atoms with van der Waals surface area (Å²) in [6.07, 6.45) is 1.36. The largest absolute Gasteiger partial charge is 0.317 e. The van der Waals surface area contributed by atoms with Gasteiger partial charge < -0.3 is 4.90 Å². The van der Waals surface area contributed by atoms with Crippen molar-refractivity contribution in [2.45, 2.75) is 39.7 Å². The standard InChI is InChI=1S/C14H18N2O3S/c1-4-9-6-11(20-8(9)3)14(19)16-7-12(17)15-13(18)10(16)5-2/h6,10H,4-5,7H2,1-3H3,(H,15,17,18). The normalized spacial score (nSPS) is 19.1. The third kappa shape index (κ3) is 2.60. The van der Waals surface area contributed by atoms with E-state index in [0.29, 0.717) is 11.3 Å². The molecule has 1 saturated heterocycles. The Bertz CT molecular complexity index is 565. The lowest BCUT2D eigenvalue weighted by molar-refractivity contribution is -0.138. The zero-order valence-corrected chi connectivity index (χ0v) is 12.7. The lowest BCUT2D eigenvalue weighted by Gasteiger charge is -2.33. The number of thiophene rings is 1. The Kier molecular flexibility index (Phi) is 4.23. The number of carbonyl (C=O) groups excluding carboxylic acids is 3. The fourth-order valence-corrected chi connectivity index (χ4v) is 3.47. The molecule has 1 aliphatic heterocycles. The molecular formula is C14H18N2O3S. The van der Waals surface area contributed by atoms with Crippen molar-refractivity contribution in [2.75, 3.05) is 6.54 Å². The van der Waals surface area contributed by atoms with E-state index in [1.54, 1.807) is 0 Å². The molecule has 2 heterocycles. The van der Waals surface area contributed by atoms with E-state index in [9.17, 15) is 14.4 Å². The highest BCUT2D eigenvalue weighted by atomic mass is 32.1. The molecule has 2 rings (SSSR count). The molecule has 5 nitrogen and oxygen atoms in total. The van der Waals surface area contributed by atoms with Gasteiger partial charge in [-0.25, -0.2) is 0 Å². The highest BCUT2D eigenvalue weighted by molar-refractivity contribution is 7.14. The van der Waals surface area contributed by atoms with Crippen LogP contribution in [0.5, 0.6) is 0 Å². The number of hydrogen-bond donors (Lipinski definition) is 1. The summed E-state index contributed by atoms with van der Waals surface area (Å²) in [5, 5.41) is 2.28. The summed E-state index contributed by atoms with van der Waals surface area (Å²) in [5.41, 5.74) is 1.14. The van der Waals surface area contributed by atoms with Crippen LogP contribution < -0.4 is 5.32 Å². The molecule has 1 aliphatic rings. The van der Waals surface area contributed by atoms with Gasteiger partial charge in [-0.05, 0) is 31.4 Å². The van der Waals surface area contributed by atoms with Gasteiger partial charge in [0.25, 0.3) is 5.91 Å². The number of nitrogens with zero attached hydrogens (tertiary/aromatic N) is 1. The van der Waals surface area contributed by atoms with Crippen molar-refractivity contribution in [3.8, 4) is 0 Å². The zero-order valence-electron chi connectivity index (χ0n) is 11.9. The summed E-state index contributed by atoms with van der Waals surface area (Å²) < 4.78 is 0. The van der Waals surface area contributed by atoms with Crippen LogP contribution in [0, 0.1) is 6.92 Å². The van der Waals surface area contributed by atoms with Gasteiger partial charge in [0.05, 0.1) is 4.88 Å². The molecule has 0 spiro atoms. The molecule has 1 unspecified atom stereocenters. The van der Waals surface area contributed by atoms with E-state index < -0.39 is 11.9 Å². The molecule has 6 heteroatoms. The van der Waals surface area contributed by atoms with Gasteiger partial charge in [0, 0.05) is 4.88 Å². The first-order valence-corrected chi connectivity index (χ1v) is 7.53. The summed E-state index contributed by atoms with van der Waals surface area (Å²) in [6.45, 7) is 5.79. The lowest BCUT2D eigenvalue weighted by Crippen LogP contribution is -2.59. The number of aryl methyl sites for hydroxylation is 2. The van der Waals surface area contributed by atoms with Crippen LogP contribution in [-0.2, 0) is 16.0 Å². The Labute approximate surface area is 122 Å². The second kappa shape index (κ2) is 5.75. The van der Waals surface area contributed by atoms with Crippen LogP contribution in [0.15, 0.2) is 6.07 Å². The van der Waals surface area contributed by atoms with E-state index in [2.05, 4.69) is 5.32 Å². The summed E-state index contributed by atoms with van der Waals surface area (Å²) in [6, 6.07) is 1.30. The van der Waals surface area contributed by atoms with Gasteiger partial charge in [-0.15, -0.1) is 11.3 Å². The van der Waals surface area contributed by atoms with Crippen molar-refractivity contribution in [2.24, 2.45) is 0 Å². The van der Waals surface area contributed by atoms with Crippen molar-refractivity contribution in [3.05, 3.63) is 21.4 Å². The molecule has 0 aromatic carbocycles. The maximum absolute atomic E-state index is 12.5. The molecule has 0 radical (unpaired) electrons. The summed E-state index contributed by atoms with van der Waals surface area (Å²) in [4.78, 5) is 38.9. The Morgan fingerprint density at radius 1 is 1.45 bits per heavy atom. The number of amides is 3. The molecule has 108 valence electrons. The number of nitrogens with one attached hydrogen (secondary N) is 1. The van der Waals surface area contributed by atoms with E-state index in [1.807, 2.05) is 26.8 Å². The minimum Gasteiger partial charge on any atom is -0.317 e. The fraction of sp³-hybridized carbons (Fsp3) is 0.500. The van der Waals surface area contributed by atoms with Crippen molar-refractivity contribution in [1.29, 1.82) is 0 Å². The average Bonchev–Trinajstić information content (AvgIpc) is 2.78. The highest BCUT2D eigenvalue weighted by Crippen LogP contribution is 2.25. The van der Waals surface area contributed by atoms with Gasteiger partial charge in [0.1, 0.15) is 12.6 Å². The third-order valence-corrected chi connectivity index (χ3v) is 4.60. The Balaban J connectivity index is 2.29. The minimum atomic E-state index is -0.562. The van der Waals surface area contributed by atoms with Gasteiger partial charge in [-0.1, -0.05) is 13.8 Å². The number of piperazine rings is 1. The minimum absolute atomic E-state index is 0.0541. The number of hydrogen-bond acceptors (Lipinski definition) is 4. The van der Waals surface area contributed by atoms with Crippen LogP contribution in [-0.4, -0.2) is 35.2 Å². The molecule has 0 aliphatic carbocycles. The van der Waals surface area contributed by atoms with Crippen LogP contribution in [0.2, 0.25) is 0 Å². The molecule has 1 aromatic rings. The van der Waals surface area contributed by atoms with Crippen LogP contribution >= 0.6 is 11.3 Å². The SMILES string of the molecule is CCc1cc(C(=O)N2CC(=O)NC(=O)C2CC)sc1C. The number of rotatable bonds is 3. The smallest absolute Gasteiger partial charge is 0.265 e. The van der Waals surface area contributed by atoms with E-state index in [0.717, 1.165) is 16.9 Å². The predicted octanol–water partition coefficient (Wildman–Crippen LogP) is 1.50. The third-order valence-electron chi connectivity index (χ3n) is 3.52. The van der Waals surface area contributed by atoms with E-state index in [-0.39, 0.29) is 18.4 Å². The molecule has 1 atom stereocenters. The Hall–Kier alpha value is -1.69. The first-order valence-electron chi connectivity index (χ1n) is 6.71. The maximum Gasteiger partial charge on any atom is 0.265 e. The van der Waals surface area contributed by atoms with E-state index in [1.165, 1.54) is 16.2 Å². The summed E-state index contributed by atoms with van der Waals surface area (Å²) in [5.74, 6) is -1.04. The van der Waals surface area contributed by atoms with Crippen molar-refractivity contribution < 1.29 is 14.4 Å². The molecule has 20 heavy (non-hydrogen) atoms. The monoisotopic (exact) mass is 294 g/mol. The number of carbonyl (C=O) groups is 3. The van der Waals surface area contributed by atoms with E-state index >= 15 is 0 Å². The molecule has 1 aromatic heterocycles. The fourth-order valence-electron chi connectivity index (χ4n) is 2.40. The van der Waals surface area contributed by atoms with Gasteiger partial charge >= 0.3 is 0 Å². The lowest BCUT2D eigenvalue weighted by atomic mass is 10.1. The van der Waals surface area contributed by atoms with Crippen LogP contribution in [0.1, 0.15) is 40.4 Å². The second-order valence-electron chi connectivity index (χ2n) is 4.82. The molecule has 1 fully saturated rings. The van der Waals surface area contributed by atoms with Gasteiger partial charge in [0.15, 0.2) is 0 Å². The summed E-state index contributed by atoms with van der Waals surface area (Å²) in [7, 11) is 0. The van der Waals surface area contributed by atoms with Gasteiger partial charge in [-0.3, -0.25) is 19.7 Å². The first kappa shape index (κ1) is 14.7. The van der Waals surface area contributed by atoms with Gasteiger partial charge in [0.2, 0.25) is 11.8 Å². The topological polar surface area (TPSA) is 66.5 Å². The molecular weight excluding hydrogens is 276 g/mol. The van der Waals surface area contributed by atoms with Crippen LogP contribution in [0.3, 0.4) is 0 Å². The molecule has 3 amide bonds. The quantitative estimate of drug-likeness (QED) is 0.859. The van der Waals surface area contributed by atoms with Crippen molar-refractivity contribution in [3.63, 3.8) is 0 Å². The zero-order chi connectivity index (χ0) is 14.9. The molecule has 0 bridgehead atoms. The van der Waals surface area contributed by atoms with Crippen LogP contribution in [0.4, 0.5) is 0 Å². The first-order chi connectivity index (χ1) is 9.47. The second-order valence-corrected chi connectivity index (χ2v) is 6.07. The maximum atomic E-state index is 12.5. The average molecular weight is 294 g/mol.